The summed E-state index contributed by atoms with van der Waals surface area (Å²) >= 11 is 4.27. The number of hydrogen-bond acceptors (Lipinski definition) is 5. The van der Waals surface area contributed by atoms with Crippen LogP contribution in [0.5, 0.6) is 0 Å². The Morgan fingerprint density at radius 1 is 1.47 bits per heavy atom. The van der Waals surface area contributed by atoms with Crippen molar-refractivity contribution >= 4 is 47.1 Å². The lowest BCUT2D eigenvalue weighted by Gasteiger charge is -2.09. The van der Waals surface area contributed by atoms with E-state index in [0.29, 0.717) is 10.9 Å². The zero-order valence-electron chi connectivity index (χ0n) is 8.59. The quantitative estimate of drug-likeness (QED) is 0.871. The van der Waals surface area contributed by atoms with Crippen LogP contribution >= 0.6 is 27.3 Å². The molecule has 1 fully saturated rings. The lowest BCUT2D eigenvalue weighted by Crippen LogP contribution is -2.35. The van der Waals surface area contributed by atoms with E-state index in [1.165, 1.54) is 6.07 Å². The smallest absolute Gasteiger partial charge is 0.229 e. The van der Waals surface area contributed by atoms with Crippen LogP contribution in [0.3, 0.4) is 0 Å². The third kappa shape index (κ3) is 3.28. The van der Waals surface area contributed by atoms with E-state index >= 15 is 0 Å². The van der Waals surface area contributed by atoms with Crippen molar-refractivity contribution in [1.29, 1.82) is 0 Å². The third-order valence-corrected chi connectivity index (χ3v) is 7.85. The molecule has 1 aromatic rings. The number of thiophene rings is 1. The second-order valence-corrected chi connectivity index (χ2v) is 9.80. The van der Waals surface area contributed by atoms with Gasteiger partial charge in [-0.05, 0) is 28.4 Å². The average molecular weight is 360 g/mol. The van der Waals surface area contributed by atoms with Gasteiger partial charge in [-0.3, -0.25) is 0 Å². The summed E-state index contributed by atoms with van der Waals surface area (Å²) in [5.74, 6) is -0.0624. The molecule has 17 heavy (non-hydrogen) atoms. The number of sulfone groups is 1. The van der Waals surface area contributed by atoms with Crippen LogP contribution in [0.2, 0.25) is 0 Å². The first-order valence-corrected chi connectivity index (χ1v) is 9.73. The van der Waals surface area contributed by atoms with E-state index in [1.54, 1.807) is 5.38 Å². The summed E-state index contributed by atoms with van der Waals surface area (Å²) < 4.78 is 49.6. The summed E-state index contributed by atoms with van der Waals surface area (Å²) in [6.07, 6.45) is 0.341. The molecule has 1 aliphatic rings. The van der Waals surface area contributed by atoms with E-state index in [1.807, 2.05) is 0 Å². The highest BCUT2D eigenvalue weighted by atomic mass is 79.9. The van der Waals surface area contributed by atoms with E-state index in [4.69, 9.17) is 0 Å². The molecule has 1 saturated heterocycles. The number of sulfonamides is 1. The summed E-state index contributed by atoms with van der Waals surface area (Å²) in [6, 6.07) is 0.988. The highest BCUT2D eigenvalue weighted by molar-refractivity contribution is 9.10. The Bertz CT molecular complexity index is 619. The number of hydrogen-bond donors (Lipinski definition) is 1. The SMILES string of the molecule is O=S1(=O)CCC(NS(=O)(=O)c2cc(Br)cs2)C1. The summed E-state index contributed by atoms with van der Waals surface area (Å²) in [6.45, 7) is 0. The molecular formula is C8H10BrNO4S3. The van der Waals surface area contributed by atoms with Gasteiger partial charge in [0.25, 0.3) is 0 Å². The number of rotatable bonds is 3. The van der Waals surface area contributed by atoms with Crippen LogP contribution in [0.4, 0.5) is 0 Å². The van der Waals surface area contributed by atoms with Gasteiger partial charge in [-0.25, -0.2) is 21.6 Å². The zero-order valence-corrected chi connectivity index (χ0v) is 12.6. The van der Waals surface area contributed by atoms with Crippen molar-refractivity contribution in [2.24, 2.45) is 0 Å². The molecule has 0 aromatic carbocycles. The minimum absolute atomic E-state index is 0.0499. The van der Waals surface area contributed by atoms with Gasteiger partial charge < -0.3 is 0 Å². The Kier molecular flexibility index (Phi) is 3.66. The molecule has 0 bridgehead atoms. The molecule has 0 spiro atoms. The van der Waals surface area contributed by atoms with E-state index in [2.05, 4.69) is 20.7 Å². The van der Waals surface area contributed by atoms with Gasteiger partial charge in [0.2, 0.25) is 10.0 Å². The molecule has 1 unspecified atom stereocenters. The monoisotopic (exact) mass is 359 g/mol. The first-order chi connectivity index (χ1) is 7.78. The van der Waals surface area contributed by atoms with Gasteiger partial charge in [-0.1, -0.05) is 0 Å². The van der Waals surface area contributed by atoms with Crippen molar-refractivity contribution in [3.05, 3.63) is 15.9 Å². The summed E-state index contributed by atoms with van der Waals surface area (Å²) in [7, 11) is -6.68. The molecule has 9 heteroatoms. The summed E-state index contributed by atoms with van der Waals surface area (Å²) in [4.78, 5) is 0. The van der Waals surface area contributed by atoms with Crippen LogP contribution in [0, 0.1) is 0 Å². The molecule has 5 nitrogen and oxygen atoms in total. The maximum absolute atomic E-state index is 11.9. The van der Waals surface area contributed by atoms with E-state index < -0.39 is 25.9 Å². The van der Waals surface area contributed by atoms with Crippen molar-refractivity contribution in [3.63, 3.8) is 0 Å². The Morgan fingerprint density at radius 2 is 2.18 bits per heavy atom. The fourth-order valence-corrected chi connectivity index (χ4v) is 6.52. The second kappa shape index (κ2) is 4.61. The number of nitrogens with one attached hydrogen (secondary N) is 1. The van der Waals surface area contributed by atoms with Crippen molar-refractivity contribution < 1.29 is 16.8 Å². The third-order valence-electron chi connectivity index (χ3n) is 2.36. The van der Waals surface area contributed by atoms with Gasteiger partial charge in [0.15, 0.2) is 9.84 Å². The van der Waals surface area contributed by atoms with E-state index in [-0.39, 0.29) is 15.7 Å². The minimum Gasteiger partial charge on any atom is -0.229 e. The molecule has 0 amide bonds. The second-order valence-electron chi connectivity index (χ2n) is 3.81. The van der Waals surface area contributed by atoms with Gasteiger partial charge in [-0.2, -0.15) is 0 Å². The molecule has 0 aliphatic carbocycles. The van der Waals surface area contributed by atoms with Gasteiger partial charge >= 0.3 is 0 Å². The molecule has 2 rings (SSSR count). The highest BCUT2D eigenvalue weighted by Crippen LogP contribution is 2.25. The Labute approximate surface area is 112 Å². The van der Waals surface area contributed by atoms with Crippen LogP contribution in [0.1, 0.15) is 6.42 Å². The lowest BCUT2D eigenvalue weighted by atomic mass is 10.3. The summed E-state index contributed by atoms with van der Waals surface area (Å²) in [5.41, 5.74) is 0. The fraction of sp³-hybridized carbons (Fsp3) is 0.500. The minimum atomic E-state index is -3.60. The molecule has 2 heterocycles. The summed E-state index contributed by atoms with van der Waals surface area (Å²) in [5, 5.41) is 1.67. The fourth-order valence-electron chi connectivity index (χ4n) is 1.60. The van der Waals surface area contributed by atoms with Crippen LogP contribution in [-0.2, 0) is 19.9 Å². The maximum atomic E-state index is 11.9. The van der Waals surface area contributed by atoms with Crippen LogP contribution in [-0.4, -0.2) is 34.4 Å². The first-order valence-electron chi connectivity index (χ1n) is 4.75. The predicted molar refractivity (Wildman–Crippen MR) is 69.4 cm³/mol. The van der Waals surface area contributed by atoms with Crippen molar-refractivity contribution in [2.75, 3.05) is 11.5 Å². The molecule has 0 saturated carbocycles. The standard InChI is InChI=1S/C8H10BrNO4S3/c9-6-3-8(15-4-6)17(13,14)10-7-1-2-16(11,12)5-7/h3-4,7,10H,1-2,5H2. The van der Waals surface area contributed by atoms with Crippen molar-refractivity contribution in [3.8, 4) is 0 Å². The van der Waals surface area contributed by atoms with E-state index in [9.17, 15) is 16.8 Å². The van der Waals surface area contributed by atoms with Gasteiger partial charge in [0.1, 0.15) is 4.21 Å². The average Bonchev–Trinajstić information content (AvgIpc) is 2.72. The van der Waals surface area contributed by atoms with Crippen LogP contribution in [0.15, 0.2) is 20.1 Å². The largest absolute Gasteiger partial charge is 0.250 e. The van der Waals surface area contributed by atoms with Gasteiger partial charge in [0, 0.05) is 15.9 Å². The van der Waals surface area contributed by atoms with Crippen molar-refractivity contribution in [2.45, 2.75) is 16.7 Å². The molecule has 1 aliphatic heterocycles. The molecule has 1 atom stereocenters. The topological polar surface area (TPSA) is 80.3 Å². The first kappa shape index (κ1) is 13.5. The molecule has 0 radical (unpaired) electrons. The van der Waals surface area contributed by atoms with Crippen LogP contribution < -0.4 is 4.72 Å². The van der Waals surface area contributed by atoms with Gasteiger partial charge in [0.05, 0.1) is 11.5 Å². The Morgan fingerprint density at radius 3 is 2.65 bits per heavy atom. The zero-order chi connectivity index (χ0) is 12.7. The highest BCUT2D eigenvalue weighted by Gasteiger charge is 2.31. The molecule has 1 aromatic heterocycles. The lowest BCUT2D eigenvalue weighted by molar-refractivity contribution is 0.564. The van der Waals surface area contributed by atoms with E-state index in [0.717, 1.165) is 11.3 Å². The van der Waals surface area contributed by atoms with Crippen molar-refractivity contribution in [1.82, 2.24) is 4.72 Å². The molecule has 1 N–H and O–H groups in total. The maximum Gasteiger partial charge on any atom is 0.250 e. The van der Waals surface area contributed by atoms with Crippen LogP contribution in [0.25, 0.3) is 0 Å². The number of halogens is 1. The Balaban J connectivity index is 2.14. The Hall–Kier alpha value is 0.0400. The molecular weight excluding hydrogens is 350 g/mol. The predicted octanol–water partition coefficient (Wildman–Crippen LogP) is 0.976. The normalized spacial score (nSPS) is 23.9. The van der Waals surface area contributed by atoms with Gasteiger partial charge in [-0.15, -0.1) is 11.3 Å². The molecule has 96 valence electrons.